The summed E-state index contributed by atoms with van der Waals surface area (Å²) in [5, 5.41) is 6.49. The number of nitrogens with zero attached hydrogens (tertiary/aromatic N) is 2. The van der Waals surface area contributed by atoms with E-state index in [9.17, 15) is 8.78 Å². The molecule has 3 aromatic rings. The number of halogens is 2. The molecule has 5 rings (SSSR count). The summed E-state index contributed by atoms with van der Waals surface area (Å²) < 4.78 is 45.0. The number of para-hydroxylation sites is 1. The van der Waals surface area contributed by atoms with Gasteiger partial charge in [-0.25, -0.2) is 13.8 Å². The standard InChI is InChI=1S/C22H18F2N2O3/c1-2-27-20-6-3-5-14-18-12-17(19-7-4-10-28-19)25-26(18)22(29-21(14)20)13-8-9-15(23)16(24)11-13/h3-11,18,22H,2,12H2,1H3/t18-,22-/m1/s1. The number of hydrazone groups is 1. The summed E-state index contributed by atoms with van der Waals surface area (Å²) in [5.41, 5.74) is 2.17. The average molecular weight is 396 g/mol. The molecule has 0 saturated heterocycles. The molecule has 0 saturated carbocycles. The third kappa shape index (κ3) is 2.93. The Hall–Kier alpha value is -3.35. The third-order valence-electron chi connectivity index (χ3n) is 5.11. The van der Waals surface area contributed by atoms with Crippen molar-refractivity contribution >= 4 is 5.71 Å². The summed E-state index contributed by atoms with van der Waals surface area (Å²) in [7, 11) is 0. The van der Waals surface area contributed by atoms with E-state index in [0.717, 1.165) is 23.4 Å². The molecule has 0 unspecified atom stereocenters. The largest absolute Gasteiger partial charge is 0.490 e. The molecule has 2 aromatic carbocycles. The van der Waals surface area contributed by atoms with E-state index >= 15 is 0 Å². The van der Waals surface area contributed by atoms with Crippen LogP contribution in [0.3, 0.4) is 0 Å². The Bertz CT molecular complexity index is 1080. The number of hydrogen-bond acceptors (Lipinski definition) is 5. The number of hydrogen-bond donors (Lipinski definition) is 0. The molecule has 0 bridgehead atoms. The van der Waals surface area contributed by atoms with E-state index in [0.29, 0.717) is 35.9 Å². The SMILES string of the molecule is CCOc1cccc2c1O[C@H](c1ccc(F)c(F)c1)N1N=C(c3ccco3)C[C@H]21. The molecule has 5 nitrogen and oxygen atoms in total. The molecule has 0 aliphatic carbocycles. The molecule has 0 N–H and O–H groups in total. The minimum atomic E-state index is -0.930. The molecule has 2 aliphatic rings. The highest BCUT2D eigenvalue weighted by Gasteiger charge is 2.42. The first-order valence-corrected chi connectivity index (χ1v) is 9.42. The van der Waals surface area contributed by atoms with Crippen LogP contribution in [0.4, 0.5) is 8.78 Å². The lowest BCUT2D eigenvalue weighted by molar-refractivity contribution is -0.0214. The zero-order chi connectivity index (χ0) is 20.0. The molecule has 7 heteroatoms. The normalized spacial score (nSPS) is 20.0. The van der Waals surface area contributed by atoms with Gasteiger partial charge in [-0.2, -0.15) is 5.10 Å². The van der Waals surface area contributed by atoms with E-state index < -0.39 is 17.9 Å². The molecule has 148 valence electrons. The van der Waals surface area contributed by atoms with Gasteiger partial charge in [0.05, 0.1) is 18.9 Å². The number of furan rings is 1. The van der Waals surface area contributed by atoms with Crippen LogP contribution in [0, 0.1) is 11.6 Å². The van der Waals surface area contributed by atoms with Crippen molar-refractivity contribution in [3.63, 3.8) is 0 Å². The molecule has 0 radical (unpaired) electrons. The Morgan fingerprint density at radius 2 is 2.03 bits per heavy atom. The van der Waals surface area contributed by atoms with Gasteiger partial charge in [-0.1, -0.05) is 18.2 Å². The monoisotopic (exact) mass is 396 g/mol. The van der Waals surface area contributed by atoms with Gasteiger partial charge in [-0.3, -0.25) is 0 Å². The van der Waals surface area contributed by atoms with Crippen molar-refractivity contribution in [3.05, 3.63) is 83.3 Å². The smallest absolute Gasteiger partial charge is 0.214 e. The topological polar surface area (TPSA) is 47.2 Å². The van der Waals surface area contributed by atoms with Gasteiger partial charge in [0.2, 0.25) is 6.23 Å². The van der Waals surface area contributed by atoms with Crippen LogP contribution in [0.15, 0.2) is 64.3 Å². The first-order valence-electron chi connectivity index (χ1n) is 9.42. The second kappa shape index (κ2) is 6.92. The third-order valence-corrected chi connectivity index (χ3v) is 5.11. The molecular formula is C22H18F2N2O3. The summed E-state index contributed by atoms with van der Waals surface area (Å²) >= 11 is 0. The maximum absolute atomic E-state index is 13.9. The quantitative estimate of drug-likeness (QED) is 0.608. The summed E-state index contributed by atoms with van der Waals surface area (Å²) in [6.07, 6.45) is 1.47. The summed E-state index contributed by atoms with van der Waals surface area (Å²) in [6.45, 7) is 2.38. The van der Waals surface area contributed by atoms with Gasteiger partial charge < -0.3 is 13.9 Å². The second-order valence-electron chi connectivity index (χ2n) is 6.88. The first kappa shape index (κ1) is 17.7. The lowest BCUT2D eigenvalue weighted by atomic mass is 9.97. The van der Waals surface area contributed by atoms with Crippen molar-refractivity contribution in [2.75, 3.05) is 6.61 Å². The van der Waals surface area contributed by atoms with E-state index in [1.54, 1.807) is 17.3 Å². The van der Waals surface area contributed by atoms with Crippen molar-refractivity contribution in [1.82, 2.24) is 5.01 Å². The number of fused-ring (bicyclic) bond motifs is 3. The number of rotatable bonds is 4. The summed E-state index contributed by atoms with van der Waals surface area (Å²) in [6, 6.07) is 13.0. The molecule has 2 aliphatic heterocycles. The Morgan fingerprint density at radius 3 is 2.79 bits per heavy atom. The molecule has 1 aromatic heterocycles. The second-order valence-corrected chi connectivity index (χ2v) is 6.88. The van der Waals surface area contributed by atoms with Crippen LogP contribution in [0.1, 0.15) is 42.5 Å². The minimum absolute atomic E-state index is 0.141. The van der Waals surface area contributed by atoms with Crippen LogP contribution < -0.4 is 9.47 Å². The molecule has 29 heavy (non-hydrogen) atoms. The van der Waals surface area contributed by atoms with Gasteiger partial charge in [-0.05, 0) is 37.3 Å². The van der Waals surface area contributed by atoms with E-state index in [1.165, 1.54) is 6.07 Å². The van der Waals surface area contributed by atoms with Crippen LogP contribution in [-0.2, 0) is 0 Å². The zero-order valence-corrected chi connectivity index (χ0v) is 15.6. The summed E-state index contributed by atoms with van der Waals surface area (Å²) in [4.78, 5) is 0. The lowest BCUT2D eigenvalue weighted by Crippen LogP contribution is -2.34. The first-order chi connectivity index (χ1) is 14.2. The van der Waals surface area contributed by atoms with E-state index in [1.807, 2.05) is 31.2 Å². The molecular weight excluding hydrogens is 378 g/mol. The van der Waals surface area contributed by atoms with Gasteiger partial charge in [0.15, 0.2) is 23.1 Å². The predicted molar refractivity (Wildman–Crippen MR) is 102 cm³/mol. The molecule has 2 atom stereocenters. The van der Waals surface area contributed by atoms with Crippen LogP contribution in [0.25, 0.3) is 0 Å². The van der Waals surface area contributed by atoms with Crippen LogP contribution >= 0.6 is 0 Å². The summed E-state index contributed by atoms with van der Waals surface area (Å²) in [5.74, 6) is 0.0505. The Kier molecular flexibility index (Phi) is 4.23. The molecule has 0 amide bonds. The van der Waals surface area contributed by atoms with Crippen LogP contribution in [-0.4, -0.2) is 17.3 Å². The Balaban J connectivity index is 1.63. The fraction of sp³-hybridized carbons (Fsp3) is 0.227. The lowest BCUT2D eigenvalue weighted by Gasteiger charge is -2.38. The highest BCUT2D eigenvalue weighted by molar-refractivity contribution is 5.99. The van der Waals surface area contributed by atoms with Gasteiger partial charge >= 0.3 is 0 Å². The minimum Gasteiger partial charge on any atom is -0.490 e. The number of benzene rings is 2. The Labute approximate surface area is 166 Å². The maximum Gasteiger partial charge on any atom is 0.214 e. The predicted octanol–water partition coefficient (Wildman–Crippen LogP) is 5.20. The van der Waals surface area contributed by atoms with E-state index in [4.69, 9.17) is 19.0 Å². The van der Waals surface area contributed by atoms with E-state index in [2.05, 4.69) is 0 Å². The van der Waals surface area contributed by atoms with Crippen LogP contribution in [0.2, 0.25) is 0 Å². The molecule has 3 heterocycles. The average Bonchev–Trinajstić information content (AvgIpc) is 3.40. The van der Waals surface area contributed by atoms with Gasteiger partial charge in [0.1, 0.15) is 11.5 Å². The molecule has 0 spiro atoms. The van der Waals surface area contributed by atoms with Crippen molar-refractivity contribution < 1.29 is 22.7 Å². The van der Waals surface area contributed by atoms with Crippen molar-refractivity contribution in [3.8, 4) is 11.5 Å². The van der Waals surface area contributed by atoms with Crippen molar-refractivity contribution in [2.45, 2.75) is 25.6 Å². The van der Waals surface area contributed by atoms with Crippen molar-refractivity contribution in [2.24, 2.45) is 5.10 Å². The highest BCUT2D eigenvalue weighted by Crippen LogP contribution is 2.50. The molecule has 0 fully saturated rings. The zero-order valence-electron chi connectivity index (χ0n) is 15.6. The maximum atomic E-state index is 13.9. The fourth-order valence-electron chi connectivity index (χ4n) is 3.83. The highest BCUT2D eigenvalue weighted by atomic mass is 19.2. The van der Waals surface area contributed by atoms with Gasteiger partial charge in [0, 0.05) is 17.5 Å². The van der Waals surface area contributed by atoms with Crippen molar-refractivity contribution in [1.29, 1.82) is 0 Å². The van der Waals surface area contributed by atoms with Gasteiger partial charge in [-0.15, -0.1) is 0 Å². The Morgan fingerprint density at radius 1 is 1.14 bits per heavy atom. The van der Waals surface area contributed by atoms with E-state index in [-0.39, 0.29) is 6.04 Å². The van der Waals surface area contributed by atoms with Gasteiger partial charge in [0.25, 0.3) is 0 Å². The fourth-order valence-corrected chi connectivity index (χ4v) is 3.83. The van der Waals surface area contributed by atoms with Crippen LogP contribution in [0.5, 0.6) is 11.5 Å². The number of ether oxygens (including phenoxy) is 2.